The van der Waals surface area contributed by atoms with Gasteiger partial charge in [-0.1, -0.05) is 149 Å². The van der Waals surface area contributed by atoms with Crippen LogP contribution in [-0.4, -0.2) is 15.8 Å². The van der Waals surface area contributed by atoms with Crippen molar-refractivity contribution in [1.82, 2.24) is 0 Å². The van der Waals surface area contributed by atoms with Crippen LogP contribution in [-0.2, 0) is 0 Å². The van der Waals surface area contributed by atoms with E-state index in [0.29, 0.717) is 35.5 Å². The highest BCUT2D eigenvalue weighted by Gasteiger charge is 2.37. The smallest absolute Gasteiger partial charge is 0.0363 e. The van der Waals surface area contributed by atoms with Gasteiger partial charge in [0, 0.05) is 15.8 Å². The highest BCUT2D eigenvalue weighted by atomic mass is 28.9. The summed E-state index contributed by atoms with van der Waals surface area (Å²) >= 11 is 0. The molecule has 224 valence electrons. The van der Waals surface area contributed by atoms with E-state index in [0.717, 1.165) is 0 Å². The van der Waals surface area contributed by atoms with Crippen molar-refractivity contribution in [3.05, 3.63) is 57.6 Å². The zero-order valence-electron chi connectivity index (χ0n) is 29.8. The van der Waals surface area contributed by atoms with Gasteiger partial charge in [0.15, 0.2) is 0 Å². The molecule has 0 heterocycles. The minimum absolute atomic E-state index is 0.234. The third kappa shape index (κ3) is 7.63. The van der Waals surface area contributed by atoms with E-state index in [1.165, 1.54) is 11.1 Å². The summed E-state index contributed by atoms with van der Waals surface area (Å²) in [5.74, 6) is 3.18. The first-order chi connectivity index (χ1) is 18.1. The average Bonchev–Trinajstić information content (AvgIpc) is 2.78. The summed E-state index contributed by atoms with van der Waals surface area (Å²) in [4.78, 5) is 0. The molecule has 0 spiro atoms. The zero-order valence-corrected chi connectivity index (χ0v) is 31.8. The fourth-order valence-electron chi connectivity index (χ4n) is 6.24. The Kier molecular flexibility index (Phi) is 11.4. The molecule has 2 rings (SSSR count). The van der Waals surface area contributed by atoms with Crippen LogP contribution in [0.5, 0.6) is 0 Å². The summed E-state index contributed by atoms with van der Waals surface area (Å²) in [6.07, 6.45) is 0. The normalized spacial score (nSPS) is 14.0. The lowest BCUT2D eigenvalue weighted by Crippen LogP contribution is -2.52. The molecule has 0 aliphatic heterocycles. The second-order valence-electron chi connectivity index (χ2n) is 16.3. The van der Waals surface area contributed by atoms with Crippen LogP contribution >= 0.6 is 0 Å². The van der Waals surface area contributed by atoms with Crippen LogP contribution < -0.4 is 10.4 Å². The zero-order chi connectivity index (χ0) is 31.1. The van der Waals surface area contributed by atoms with E-state index < -0.39 is 15.8 Å². The van der Waals surface area contributed by atoms with Crippen molar-refractivity contribution < 1.29 is 0 Å². The summed E-state index contributed by atoms with van der Waals surface area (Å²) in [5.41, 5.74) is 9.59. The van der Waals surface area contributed by atoms with Crippen LogP contribution in [0, 0.1) is 0 Å². The van der Waals surface area contributed by atoms with Crippen molar-refractivity contribution >= 4 is 26.2 Å². The molecule has 0 unspecified atom stereocenters. The molecule has 0 saturated heterocycles. The van der Waals surface area contributed by atoms with E-state index in [4.69, 9.17) is 0 Å². The predicted octanol–water partition coefficient (Wildman–Crippen LogP) is 11.2. The Bertz CT molecular complexity index is 1050. The molecule has 40 heavy (non-hydrogen) atoms. The van der Waals surface area contributed by atoms with Gasteiger partial charge in [0.25, 0.3) is 0 Å². The second-order valence-corrected chi connectivity index (χ2v) is 24.8. The highest BCUT2D eigenvalue weighted by Crippen LogP contribution is 2.37. The van der Waals surface area contributed by atoms with Crippen molar-refractivity contribution in [3.63, 3.8) is 0 Å². The lowest BCUT2D eigenvalue weighted by Gasteiger charge is -2.39. The molecular formula is C38H64Si2. The van der Waals surface area contributed by atoms with E-state index in [1.807, 2.05) is 0 Å². The van der Waals surface area contributed by atoms with Gasteiger partial charge in [-0.3, -0.25) is 0 Å². The van der Waals surface area contributed by atoms with Gasteiger partial charge in [0.1, 0.15) is 0 Å². The maximum Gasteiger partial charge on any atom is 0.0363 e. The van der Waals surface area contributed by atoms with Gasteiger partial charge in [-0.25, -0.2) is 0 Å². The van der Waals surface area contributed by atoms with Crippen LogP contribution in [0.4, 0.5) is 0 Å². The maximum atomic E-state index is 2.61. The maximum absolute atomic E-state index is 2.61. The molecule has 0 amide bonds. The molecular weight excluding hydrogens is 513 g/mol. The Labute approximate surface area is 253 Å². The Hall–Kier alpha value is -1.13. The van der Waals surface area contributed by atoms with Crippen molar-refractivity contribution in [2.24, 2.45) is 0 Å². The van der Waals surface area contributed by atoms with Gasteiger partial charge in [-0.2, -0.15) is 0 Å². The van der Waals surface area contributed by atoms with Crippen LogP contribution in [0.25, 0.3) is 0 Å². The van der Waals surface area contributed by atoms with Crippen LogP contribution in [0.3, 0.4) is 0 Å². The van der Waals surface area contributed by atoms with Crippen molar-refractivity contribution in [2.75, 3.05) is 0 Å². The van der Waals surface area contributed by atoms with Crippen molar-refractivity contribution in [3.8, 4) is 0 Å². The first-order valence-corrected chi connectivity index (χ1v) is 20.2. The molecule has 0 bridgehead atoms. The average molecular weight is 577 g/mol. The molecule has 2 aromatic carbocycles. The first kappa shape index (κ1) is 35.1. The molecule has 0 radical (unpaired) electrons. The number of rotatable bonds is 8. The van der Waals surface area contributed by atoms with Gasteiger partial charge in [-0.05, 0) is 89.3 Å². The Morgan fingerprint density at radius 3 is 0.700 bits per heavy atom. The Morgan fingerprint density at radius 2 is 0.575 bits per heavy atom. The molecule has 0 fully saturated rings. The molecule has 0 aliphatic carbocycles. The molecule has 0 nitrogen and oxygen atoms in total. The van der Waals surface area contributed by atoms with E-state index >= 15 is 0 Å². The van der Waals surface area contributed by atoms with E-state index in [9.17, 15) is 0 Å². The van der Waals surface area contributed by atoms with Crippen LogP contribution in [0.1, 0.15) is 194 Å². The minimum Gasteiger partial charge on any atom is -0.0596 e. The lowest BCUT2D eigenvalue weighted by molar-refractivity contribution is 0.735. The summed E-state index contributed by atoms with van der Waals surface area (Å²) in [6.45, 7) is 44.4. The first-order valence-electron chi connectivity index (χ1n) is 16.2. The van der Waals surface area contributed by atoms with Gasteiger partial charge in [0.05, 0.1) is 0 Å². The van der Waals surface area contributed by atoms with Crippen molar-refractivity contribution in [2.45, 2.75) is 170 Å². The van der Waals surface area contributed by atoms with Gasteiger partial charge in [-0.15, -0.1) is 0 Å². The second kappa shape index (κ2) is 13.0. The molecule has 0 aromatic heterocycles. The van der Waals surface area contributed by atoms with E-state index in [2.05, 4.69) is 149 Å². The number of hydrogen-bond acceptors (Lipinski definition) is 0. The summed E-state index contributed by atoms with van der Waals surface area (Å²) in [7, 11) is -2.03. The number of hydrogen-bond donors (Lipinski definition) is 0. The minimum atomic E-state index is -1.02. The van der Waals surface area contributed by atoms with Gasteiger partial charge >= 0.3 is 0 Å². The topological polar surface area (TPSA) is 0 Å². The fourth-order valence-corrected chi connectivity index (χ4v) is 20.1. The Morgan fingerprint density at radius 1 is 0.375 bits per heavy atom. The van der Waals surface area contributed by atoms with Crippen LogP contribution in [0.15, 0.2) is 24.3 Å². The SMILES string of the molecule is CC(C)c1cc(C(C)C)c([Si](=[Si](c2c(C(C)C)cc(C(C)C)cc2C(C)C)C(C)(C)C)C(C)(C)C)c(C(C)C)c1. The highest BCUT2D eigenvalue weighted by molar-refractivity contribution is 7.11. The summed E-state index contributed by atoms with van der Waals surface area (Å²) < 4.78 is 0. The van der Waals surface area contributed by atoms with Crippen molar-refractivity contribution in [1.29, 1.82) is 0 Å². The van der Waals surface area contributed by atoms with Crippen LogP contribution in [0.2, 0.25) is 10.1 Å². The molecule has 0 N–H and O–H groups in total. The summed E-state index contributed by atoms with van der Waals surface area (Å²) in [5, 5.41) is 4.04. The largest absolute Gasteiger partial charge is 0.0596 e. The standard InChI is InChI=1S/C38H64Si2/c1-23(2)29-19-31(25(5)6)35(32(20-29)26(7)8)39(37(13,14)15)40(38(16,17)18)36-33(27(9)10)21-30(24(3)4)22-34(36)28(11)12/h19-28H,1-18H3. The number of benzene rings is 2. The third-order valence-corrected chi connectivity index (χ3v) is 21.7. The van der Waals surface area contributed by atoms with Gasteiger partial charge < -0.3 is 0 Å². The fraction of sp³-hybridized carbons (Fsp3) is 0.684. The lowest BCUT2D eigenvalue weighted by atomic mass is 9.89. The molecule has 2 heteroatoms. The van der Waals surface area contributed by atoms with E-state index in [-0.39, 0.29) is 10.1 Å². The van der Waals surface area contributed by atoms with E-state index in [1.54, 1.807) is 32.6 Å². The third-order valence-electron chi connectivity index (χ3n) is 8.51. The van der Waals surface area contributed by atoms with Gasteiger partial charge in [0.2, 0.25) is 0 Å². The monoisotopic (exact) mass is 576 g/mol. The molecule has 0 atom stereocenters. The molecule has 0 saturated carbocycles. The quantitative estimate of drug-likeness (QED) is 0.274. The molecule has 2 aromatic rings. The molecule has 0 aliphatic rings. The Balaban J connectivity index is 3.45. The summed E-state index contributed by atoms with van der Waals surface area (Å²) in [6, 6.07) is 10.5. The predicted molar refractivity (Wildman–Crippen MR) is 188 cm³/mol.